The molecule has 0 saturated carbocycles. The Kier molecular flexibility index (Phi) is 4.99. The van der Waals surface area contributed by atoms with Crippen LogP contribution in [0.1, 0.15) is 23.6 Å². The van der Waals surface area contributed by atoms with Crippen LogP contribution in [0.15, 0.2) is 24.3 Å². The molecule has 16 heavy (non-hydrogen) atoms. The maximum Gasteiger partial charge on any atom is 0.341 e. The van der Waals surface area contributed by atoms with E-state index in [1.165, 1.54) is 5.56 Å². The standard InChI is InChI=1S/C12H19ClO2Si/c1-10(16(4,14-2)15-3)12-8-6-5-7-11(12)9-13/h5-8,10H,9H2,1-4H3. The third-order valence-corrected chi connectivity index (χ3v) is 7.06. The fourth-order valence-electron chi connectivity index (χ4n) is 1.80. The van der Waals surface area contributed by atoms with Crippen LogP contribution < -0.4 is 0 Å². The molecule has 0 bridgehead atoms. The van der Waals surface area contributed by atoms with Crippen LogP contribution in [0.25, 0.3) is 0 Å². The van der Waals surface area contributed by atoms with Gasteiger partial charge in [0.1, 0.15) is 0 Å². The van der Waals surface area contributed by atoms with E-state index < -0.39 is 8.56 Å². The summed E-state index contributed by atoms with van der Waals surface area (Å²) in [5.41, 5.74) is 2.65. The zero-order chi connectivity index (χ0) is 12.2. The first-order valence-electron chi connectivity index (χ1n) is 5.33. The fraction of sp³-hybridized carbons (Fsp3) is 0.500. The quantitative estimate of drug-likeness (QED) is 0.595. The lowest BCUT2D eigenvalue weighted by atomic mass is 10.1. The number of halogens is 1. The first kappa shape index (κ1) is 13.7. The van der Waals surface area contributed by atoms with Crippen molar-refractivity contribution in [2.24, 2.45) is 0 Å². The molecule has 90 valence electrons. The summed E-state index contributed by atoms with van der Waals surface area (Å²) in [5.74, 6) is 0.526. The van der Waals surface area contributed by atoms with Crippen molar-refractivity contribution in [3.05, 3.63) is 35.4 Å². The third kappa shape index (κ3) is 2.66. The minimum Gasteiger partial charge on any atom is -0.397 e. The smallest absolute Gasteiger partial charge is 0.341 e. The predicted molar refractivity (Wildman–Crippen MR) is 70.1 cm³/mol. The molecule has 4 heteroatoms. The van der Waals surface area contributed by atoms with Crippen molar-refractivity contribution in [2.45, 2.75) is 24.9 Å². The van der Waals surface area contributed by atoms with Gasteiger partial charge in [-0.05, 0) is 17.7 Å². The summed E-state index contributed by atoms with van der Waals surface area (Å²) in [4.78, 5) is 0. The van der Waals surface area contributed by atoms with E-state index >= 15 is 0 Å². The highest BCUT2D eigenvalue weighted by atomic mass is 35.5. The Morgan fingerprint density at radius 1 is 1.25 bits per heavy atom. The van der Waals surface area contributed by atoms with Gasteiger partial charge in [-0.2, -0.15) is 0 Å². The lowest BCUT2D eigenvalue weighted by molar-refractivity contribution is 0.240. The van der Waals surface area contributed by atoms with Gasteiger partial charge in [0.2, 0.25) is 0 Å². The number of hydrogen-bond donors (Lipinski definition) is 0. The fourth-order valence-corrected chi connectivity index (χ4v) is 3.76. The lowest BCUT2D eigenvalue weighted by Crippen LogP contribution is -2.42. The van der Waals surface area contributed by atoms with Gasteiger partial charge in [-0.1, -0.05) is 31.2 Å². The van der Waals surface area contributed by atoms with E-state index in [0.717, 1.165) is 5.56 Å². The minimum atomic E-state index is -2.15. The maximum atomic E-state index is 5.95. The molecule has 0 amide bonds. The zero-order valence-electron chi connectivity index (χ0n) is 10.3. The van der Waals surface area contributed by atoms with E-state index in [9.17, 15) is 0 Å². The van der Waals surface area contributed by atoms with E-state index in [2.05, 4.69) is 25.6 Å². The van der Waals surface area contributed by atoms with Gasteiger partial charge < -0.3 is 8.85 Å². The Hall–Kier alpha value is -0.353. The summed E-state index contributed by atoms with van der Waals surface area (Å²) in [6.07, 6.45) is 0. The number of hydrogen-bond acceptors (Lipinski definition) is 2. The second kappa shape index (κ2) is 5.82. The normalized spacial score (nSPS) is 13.8. The SMILES string of the molecule is CO[Si](C)(OC)C(C)c1ccccc1CCl. The van der Waals surface area contributed by atoms with Crippen molar-refractivity contribution in [3.8, 4) is 0 Å². The Morgan fingerprint density at radius 2 is 1.81 bits per heavy atom. The summed E-state index contributed by atoms with van der Waals surface area (Å²) in [6.45, 7) is 4.22. The molecule has 0 N–H and O–H groups in total. The van der Waals surface area contributed by atoms with Gasteiger partial charge >= 0.3 is 8.56 Å². The van der Waals surface area contributed by atoms with Gasteiger partial charge in [-0.15, -0.1) is 11.6 Å². The van der Waals surface area contributed by atoms with Gasteiger partial charge in [-0.25, -0.2) is 0 Å². The van der Waals surface area contributed by atoms with E-state index in [0.29, 0.717) is 5.88 Å². The van der Waals surface area contributed by atoms with Crippen molar-refractivity contribution >= 4 is 20.2 Å². The van der Waals surface area contributed by atoms with Gasteiger partial charge in [0.05, 0.1) is 0 Å². The van der Waals surface area contributed by atoms with Crippen LogP contribution >= 0.6 is 11.6 Å². The maximum absolute atomic E-state index is 5.95. The predicted octanol–water partition coefficient (Wildman–Crippen LogP) is 3.43. The molecule has 0 heterocycles. The molecule has 2 nitrogen and oxygen atoms in total. The highest BCUT2D eigenvalue weighted by Crippen LogP contribution is 2.30. The second-order valence-electron chi connectivity index (χ2n) is 3.98. The van der Waals surface area contributed by atoms with Crippen molar-refractivity contribution in [1.82, 2.24) is 0 Å². The van der Waals surface area contributed by atoms with Gasteiger partial charge in [-0.3, -0.25) is 0 Å². The largest absolute Gasteiger partial charge is 0.397 e. The van der Waals surface area contributed by atoms with Crippen molar-refractivity contribution in [1.29, 1.82) is 0 Å². The summed E-state index contributed by atoms with van der Waals surface area (Å²) >= 11 is 5.95. The molecule has 0 saturated heterocycles. The molecule has 1 rings (SSSR count). The van der Waals surface area contributed by atoms with Crippen molar-refractivity contribution < 1.29 is 8.85 Å². The zero-order valence-corrected chi connectivity index (χ0v) is 12.0. The molecule has 1 aromatic rings. The highest BCUT2D eigenvalue weighted by molar-refractivity contribution is 6.67. The number of alkyl halides is 1. The van der Waals surface area contributed by atoms with Crippen LogP contribution in [0.4, 0.5) is 0 Å². The van der Waals surface area contributed by atoms with Gasteiger partial charge in [0, 0.05) is 25.6 Å². The molecule has 0 aromatic heterocycles. The van der Waals surface area contributed by atoms with Crippen LogP contribution in [0, 0.1) is 0 Å². The van der Waals surface area contributed by atoms with E-state index in [1.54, 1.807) is 14.2 Å². The van der Waals surface area contributed by atoms with Crippen LogP contribution in [-0.4, -0.2) is 22.8 Å². The molecule has 0 aliphatic heterocycles. The van der Waals surface area contributed by atoms with E-state index in [1.807, 2.05) is 12.1 Å². The first-order valence-corrected chi connectivity index (χ1v) is 8.26. The van der Waals surface area contributed by atoms with E-state index in [-0.39, 0.29) is 5.54 Å². The third-order valence-electron chi connectivity index (χ3n) is 3.26. The molecule has 0 spiro atoms. The molecular weight excluding hydrogens is 240 g/mol. The first-order chi connectivity index (χ1) is 7.59. The molecule has 1 atom stereocenters. The Balaban J connectivity index is 3.08. The Labute approximate surface area is 104 Å². The van der Waals surface area contributed by atoms with Gasteiger partial charge in [0.25, 0.3) is 0 Å². The molecule has 0 radical (unpaired) electrons. The molecule has 0 aliphatic carbocycles. The van der Waals surface area contributed by atoms with Gasteiger partial charge in [0.15, 0.2) is 0 Å². The van der Waals surface area contributed by atoms with Crippen LogP contribution in [0.3, 0.4) is 0 Å². The summed E-state index contributed by atoms with van der Waals surface area (Å²) in [7, 11) is 1.29. The Bertz CT molecular complexity index is 340. The van der Waals surface area contributed by atoms with Crippen LogP contribution in [-0.2, 0) is 14.7 Å². The second-order valence-corrected chi connectivity index (χ2v) is 7.96. The monoisotopic (exact) mass is 258 g/mol. The average Bonchev–Trinajstić information content (AvgIpc) is 2.36. The molecular formula is C12H19ClO2Si. The molecule has 1 aromatic carbocycles. The van der Waals surface area contributed by atoms with E-state index in [4.69, 9.17) is 20.5 Å². The molecule has 0 fully saturated rings. The Morgan fingerprint density at radius 3 is 2.31 bits per heavy atom. The number of rotatable bonds is 5. The van der Waals surface area contributed by atoms with Crippen molar-refractivity contribution in [2.75, 3.05) is 14.2 Å². The minimum absolute atomic E-state index is 0.262. The molecule has 1 unspecified atom stereocenters. The van der Waals surface area contributed by atoms with Crippen LogP contribution in [0.5, 0.6) is 0 Å². The lowest BCUT2D eigenvalue weighted by Gasteiger charge is -2.30. The summed E-state index contributed by atoms with van der Waals surface area (Å²) in [6, 6.07) is 8.19. The number of benzene rings is 1. The average molecular weight is 259 g/mol. The topological polar surface area (TPSA) is 18.5 Å². The highest BCUT2D eigenvalue weighted by Gasteiger charge is 2.38. The summed E-state index contributed by atoms with van der Waals surface area (Å²) in [5, 5.41) is 0. The molecule has 0 aliphatic rings. The van der Waals surface area contributed by atoms with Crippen LogP contribution in [0.2, 0.25) is 6.55 Å². The summed E-state index contributed by atoms with van der Waals surface area (Å²) < 4.78 is 11.2. The van der Waals surface area contributed by atoms with Crippen molar-refractivity contribution in [3.63, 3.8) is 0 Å².